The molecule has 134 valence electrons. The van der Waals surface area contributed by atoms with Gasteiger partial charge >= 0.3 is 0 Å². The predicted molar refractivity (Wildman–Crippen MR) is 93.8 cm³/mol. The third-order valence-electron chi connectivity index (χ3n) is 5.09. The van der Waals surface area contributed by atoms with E-state index in [1.807, 2.05) is 29.9 Å². The molecular formula is C18H23N3O3S. The molecule has 7 heteroatoms. The maximum Gasteiger partial charge on any atom is 0.243 e. The maximum atomic E-state index is 13.1. The van der Waals surface area contributed by atoms with E-state index in [1.165, 1.54) is 11.1 Å². The van der Waals surface area contributed by atoms with Crippen molar-refractivity contribution in [3.63, 3.8) is 0 Å². The van der Waals surface area contributed by atoms with Crippen LogP contribution < -0.4 is 0 Å². The van der Waals surface area contributed by atoms with Gasteiger partial charge in [0.05, 0.1) is 23.8 Å². The molecule has 2 aliphatic rings. The minimum Gasteiger partial charge on any atom is -0.371 e. The molecule has 6 nitrogen and oxygen atoms in total. The van der Waals surface area contributed by atoms with Crippen LogP contribution in [0.15, 0.2) is 35.5 Å². The highest BCUT2D eigenvalue weighted by Crippen LogP contribution is 2.29. The van der Waals surface area contributed by atoms with Crippen LogP contribution in [-0.2, 0) is 34.1 Å². The monoisotopic (exact) mass is 361 g/mol. The van der Waals surface area contributed by atoms with Crippen LogP contribution in [0.3, 0.4) is 0 Å². The molecule has 0 spiro atoms. The van der Waals surface area contributed by atoms with Gasteiger partial charge in [0.25, 0.3) is 0 Å². The molecule has 2 aromatic rings. The van der Waals surface area contributed by atoms with Crippen LogP contribution in [0.1, 0.15) is 36.1 Å². The third kappa shape index (κ3) is 3.12. The van der Waals surface area contributed by atoms with Gasteiger partial charge in [-0.3, -0.25) is 4.68 Å². The van der Waals surface area contributed by atoms with Gasteiger partial charge in [0.15, 0.2) is 0 Å². The summed E-state index contributed by atoms with van der Waals surface area (Å²) in [6, 6.07) is 5.58. The van der Waals surface area contributed by atoms with Gasteiger partial charge in [0.2, 0.25) is 10.0 Å². The van der Waals surface area contributed by atoms with Gasteiger partial charge in [-0.1, -0.05) is 6.07 Å². The van der Waals surface area contributed by atoms with Crippen molar-refractivity contribution in [1.29, 1.82) is 0 Å². The molecule has 1 saturated heterocycles. The third-order valence-corrected chi connectivity index (χ3v) is 6.95. The van der Waals surface area contributed by atoms with Crippen LogP contribution in [0.2, 0.25) is 0 Å². The first kappa shape index (κ1) is 16.8. The number of fused-ring (bicyclic) bond motifs is 1. The van der Waals surface area contributed by atoms with E-state index >= 15 is 0 Å². The zero-order valence-electron chi connectivity index (χ0n) is 14.4. The van der Waals surface area contributed by atoms with Gasteiger partial charge in [-0.15, -0.1) is 0 Å². The highest BCUT2D eigenvalue weighted by molar-refractivity contribution is 7.89. The van der Waals surface area contributed by atoms with E-state index < -0.39 is 10.0 Å². The number of morpholine rings is 1. The van der Waals surface area contributed by atoms with E-state index in [-0.39, 0.29) is 6.10 Å². The van der Waals surface area contributed by atoms with E-state index in [1.54, 1.807) is 16.6 Å². The normalized spacial score (nSPS) is 21.4. The Bertz CT molecular complexity index is 875. The summed E-state index contributed by atoms with van der Waals surface area (Å²) < 4.78 is 35.3. The number of hydrogen-bond donors (Lipinski definition) is 0. The second-order valence-electron chi connectivity index (χ2n) is 6.64. The number of hydrogen-bond acceptors (Lipinski definition) is 4. The van der Waals surface area contributed by atoms with Gasteiger partial charge in [-0.05, 0) is 49.4 Å². The number of aromatic nitrogens is 2. The van der Waals surface area contributed by atoms with Crippen molar-refractivity contribution >= 4 is 10.0 Å². The summed E-state index contributed by atoms with van der Waals surface area (Å²) in [6.45, 7) is 3.91. The van der Waals surface area contributed by atoms with Crippen LogP contribution in [0.25, 0.3) is 0 Å². The quantitative estimate of drug-likeness (QED) is 0.837. The SMILES string of the molecule is CCn1cc([C@@H]2CN(S(=O)(=O)c3ccc4c(c3)CCC4)CCO2)cn1. The average Bonchev–Trinajstić information content (AvgIpc) is 3.30. The van der Waals surface area contributed by atoms with E-state index in [9.17, 15) is 8.42 Å². The minimum absolute atomic E-state index is 0.266. The lowest BCUT2D eigenvalue weighted by atomic mass is 10.1. The van der Waals surface area contributed by atoms with Crippen molar-refractivity contribution in [3.05, 3.63) is 47.3 Å². The lowest BCUT2D eigenvalue weighted by Gasteiger charge is -2.31. The molecular weight excluding hydrogens is 338 g/mol. The van der Waals surface area contributed by atoms with Crippen molar-refractivity contribution in [2.24, 2.45) is 0 Å². The number of ether oxygens (including phenoxy) is 1. The molecule has 0 amide bonds. The Kier molecular flexibility index (Phi) is 4.39. The molecule has 0 radical (unpaired) electrons. The second kappa shape index (κ2) is 6.55. The van der Waals surface area contributed by atoms with Crippen LogP contribution in [0.5, 0.6) is 0 Å². The van der Waals surface area contributed by atoms with E-state index in [4.69, 9.17) is 4.74 Å². The Morgan fingerprint density at radius 3 is 2.92 bits per heavy atom. The first-order chi connectivity index (χ1) is 12.1. The standard InChI is InChI=1S/C18H23N3O3S/c1-2-20-12-16(11-19-20)18-13-21(8-9-24-18)25(22,23)17-7-6-14-4-3-5-15(14)10-17/h6-7,10-12,18H,2-5,8-9,13H2,1H3/t18-/m0/s1. The summed E-state index contributed by atoms with van der Waals surface area (Å²) in [6.07, 6.45) is 6.56. The molecule has 0 bridgehead atoms. The molecule has 1 aliphatic heterocycles. The Morgan fingerprint density at radius 1 is 1.28 bits per heavy atom. The van der Waals surface area contributed by atoms with Crippen molar-refractivity contribution in [3.8, 4) is 0 Å². The fourth-order valence-electron chi connectivity index (χ4n) is 3.62. The number of rotatable bonds is 4. The molecule has 0 unspecified atom stereocenters. The van der Waals surface area contributed by atoms with E-state index in [2.05, 4.69) is 5.10 Å². The van der Waals surface area contributed by atoms with Gasteiger partial charge in [0, 0.05) is 31.4 Å². The van der Waals surface area contributed by atoms with Crippen molar-refractivity contribution in [2.75, 3.05) is 19.7 Å². The Morgan fingerprint density at radius 2 is 2.12 bits per heavy atom. The summed E-state index contributed by atoms with van der Waals surface area (Å²) in [5, 5.41) is 4.26. The maximum absolute atomic E-state index is 13.1. The average molecular weight is 361 g/mol. The molecule has 25 heavy (non-hydrogen) atoms. The lowest BCUT2D eigenvalue weighted by molar-refractivity contribution is -0.00260. The van der Waals surface area contributed by atoms with Gasteiger partial charge in [-0.25, -0.2) is 8.42 Å². The summed E-state index contributed by atoms with van der Waals surface area (Å²) in [4.78, 5) is 0.401. The molecule has 0 saturated carbocycles. The second-order valence-corrected chi connectivity index (χ2v) is 8.57. The van der Waals surface area contributed by atoms with Crippen LogP contribution in [0.4, 0.5) is 0 Å². The molecule has 1 aromatic heterocycles. The zero-order chi connectivity index (χ0) is 17.4. The summed E-state index contributed by atoms with van der Waals surface area (Å²) in [5.74, 6) is 0. The fourth-order valence-corrected chi connectivity index (χ4v) is 5.10. The van der Waals surface area contributed by atoms with E-state index in [0.717, 1.165) is 31.4 Å². The fraction of sp³-hybridized carbons (Fsp3) is 0.500. The summed E-state index contributed by atoms with van der Waals surface area (Å²) in [7, 11) is -3.50. The number of nitrogens with zero attached hydrogens (tertiary/aromatic N) is 3. The first-order valence-electron chi connectivity index (χ1n) is 8.84. The largest absolute Gasteiger partial charge is 0.371 e. The Balaban J connectivity index is 1.57. The zero-order valence-corrected chi connectivity index (χ0v) is 15.2. The van der Waals surface area contributed by atoms with Crippen LogP contribution >= 0.6 is 0 Å². The topological polar surface area (TPSA) is 64.4 Å². The number of sulfonamides is 1. The van der Waals surface area contributed by atoms with Crippen molar-refractivity contribution < 1.29 is 13.2 Å². The predicted octanol–water partition coefficient (Wildman–Crippen LogP) is 2.15. The molecule has 0 N–H and O–H groups in total. The molecule has 1 atom stereocenters. The van der Waals surface area contributed by atoms with Crippen LogP contribution in [0, 0.1) is 0 Å². The molecule has 1 aromatic carbocycles. The molecule has 4 rings (SSSR count). The number of aryl methyl sites for hydroxylation is 3. The van der Waals surface area contributed by atoms with Gasteiger partial charge in [0.1, 0.15) is 0 Å². The van der Waals surface area contributed by atoms with E-state index in [0.29, 0.717) is 24.6 Å². The molecule has 2 heterocycles. The van der Waals surface area contributed by atoms with Crippen molar-refractivity contribution in [2.45, 2.75) is 43.7 Å². The summed E-state index contributed by atoms with van der Waals surface area (Å²) >= 11 is 0. The highest BCUT2D eigenvalue weighted by Gasteiger charge is 2.32. The lowest BCUT2D eigenvalue weighted by Crippen LogP contribution is -2.42. The molecule has 1 fully saturated rings. The van der Waals surface area contributed by atoms with Crippen molar-refractivity contribution in [1.82, 2.24) is 14.1 Å². The highest BCUT2D eigenvalue weighted by atomic mass is 32.2. The summed E-state index contributed by atoms with van der Waals surface area (Å²) in [5.41, 5.74) is 3.39. The van der Waals surface area contributed by atoms with Gasteiger partial charge in [-0.2, -0.15) is 9.40 Å². The molecule has 1 aliphatic carbocycles. The van der Waals surface area contributed by atoms with Gasteiger partial charge < -0.3 is 4.74 Å². The Hall–Kier alpha value is -1.70. The first-order valence-corrected chi connectivity index (χ1v) is 10.3. The minimum atomic E-state index is -3.50. The van der Waals surface area contributed by atoms with Crippen LogP contribution in [-0.4, -0.2) is 42.2 Å². The smallest absolute Gasteiger partial charge is 0.243 e. The number of benzene rings is 1. The Labute approximate surface area is 148 Å².